The van der Waals surface area contributed by atoms with Crippen molar-refractivity contribution >= 4 is 5.91 Å². The molecule has 2 rings (SSSR count). The van der Waals surface area contributed by atoms with Crippen molar-refractivity contribution in [2.24, 2.45) is 5.11 Å². The Morgan fingerprint density at radius 2 is 2.21 bits per heavy atom. The SMILES string of the molecule is CC(=O)NC1[C@H](OCc2cc[n+](CCCCN=[N+]=[N-])o2)OC(CO)[C@@H](O)[C@@H]1O. The van der Waals surface area contributed by atoms with E-state index >= 15 is 0 Å². The predicted molar refractivity (Wildman–Crippen MR) is 92.3 cm³/mol. The zero-order valence-electron chi connectivity index (χ0n) is 15.5. The highest BCUT2D eigenvalue weighted by molar-refractivity contribution is 5.73. The second-order valence-electron chi connectivity index (χ2n) is 6.42. The zero-order valence-corrected chi connectivity index (χ0v) is 15.5. The van der Waals surface area contributed by atoms with Crippen LogP contribution in [0.15, 0.2) is 21.9 Å². The number of aryl methyl sites for hydroxylation is 1. The van der Waals surface area contributed by atoms with Crippen molar-refractivity contribution in [1.82, 2.24) is 5.32 Å². The van der Waals surface area contributed by atoms with Crippen molar-refractivity contribution in [1.29, 1.82) is 0 Å². The highest BCUT2D eigenvalue weighted by Crippen LogP contribution is 2.23. The minimum atomic E-state index is -1.36. The largest absolute Gasteiger partial charge is 0.394 e. The summed E-state index contributed by atoms with van der Waals surface area (Å²) in [6.45, 7) is 1.78. The number of aliphatic hydroxyl groups excluding tert-OH is 3. The fraction of sp³-hybridized carbons (Fsp3) is 0.750. The van der Waals surface area contributed by atoms with Crippen LogP contribution in [0.5, 0.6) is 0 Å². The molecule has 2 heterocycles. The van der Waals surface area contributed by atoms with Gasteiger partial charge in [0.25, 0.3) is 0 Å². The summed E-state index contributed by atoms with van der Waals surface area (Å²) >= 11 is 0. The molecule has 0 aliphatic carbocycles. The molecule has 1 aliphatic rings. The van der Waals surface area contributed by atoms with Crippen molar-refractivity contribution in [3.63, 3.8) is 0 Å². The van der Waals surface area contributed by atoms with E-state index in [0.717, 1.165) is 12.8 Å². The molecule has 4 N–H and O–H groups in total. The van der Waals surface area contributed by atoms with Gasteiger partial charge in [0.1, 0.15) is 31.0 Å². The molecule has 1 aliphatic heterocycles. The van der Waals surface area contributed by atoms with E-state index in [2.05, 4.69) is 15.3 Å². The lowest BCUT2D eigenvalue weighted by Crippen LogP contribution is -2.64. The number of aliphatic hydroxyl groups is 3. The van der Waals surface area contributed by atoms with Crippen molar-refractivity contribution in [2.45, 2.75) is 63.6 Å². The fourth-order valence-electron chi connectivity index (χ4n) is 2.84. The maximum absolute atomic E-state index is 11.4. The Hall–Kier alpha value is -2.21. The van der Waals surface area contributed by atoms with Gasteiger partial charge in [0.05, 0.1) is 12.7 Å². The lowest BCUT2D eigenvalue weighted by Gasteiger charge is -2.41. The average molecular weight is 400 g/mol. The Labute approximate surface area is 161 Å². The summed E-state index contributed by atoms with van der Waals surface area (Å²) in [6, 6.07) is 0.705. The molecule has 0 radical (unpaired) electrons. The Morgan fingerprint density at radius 3 is 2.89 bits per heavy atom. The molecule has 0 aromatic carbocycles. The Kier molecular flexibility index (Phi) is 8.64. The molecule has 1 amide bonds. The number of nitrogens with one attached hydrogen (secondary N) is 1. The van der Waals surface area contributed by atoms with E-state index in [-0.39, 0.29) is 6.61 Å². The van der Waals surface area contributed by atoms with E-state index in [4.69, 9.17) is 19.5 Å². The van der Waals surface area contributed by atoms with Crippen LogP contribution in [-0.2, 0) is 27.4 Å². The number of amides is 1. The summed E-state index contributed by atoms with van der Waals surface area (Å²) in [5.41, 5.74) is 8.23. The number of hydrogen-bond donors (Lipinski definition) is 4. The Morgan fingerprint density at radius 1 is 1.43 bits per heavy atom. The molecule has 0 bridgehead atoms. The van der Waals surface area contributed by atoms with Crippen LogP contribution in [0.1, 0.15) is 25.5 Å². The molecule has 12 heteroatoms. The number of carbonyl (C=O) groups is 1. The van der Waals surface area contributed by atoms with E-state index in [1.807, 2.05) is 0 Å². The summed E-state index contributed by atoms with van der Waals surface area (Å²) in [4.78, 5) is 14.1. The molecular formula is C16H26N5O7+. The molecule has 1 aromatic heterocycles. The van der Waals surface area contributed by atoms with E-state index in [1.165, 1.54) is 6.92 Å². The number of nitrogens with zero attached hydrogens (tertiary/aromatic N) is 4. The fourth-order valence-corrected chi connectivity index (χ4v) is 2.84. The third-order valence-electron chi connectivity index (χ3n) is 4.25. The van der Waals surface area contributed by atoms with Gasteiger partial charge in [-0.2, -0.15) is 0 Å². The molecule has 5 atom stereocenters. The first-order valence-corrected chi connectivity index (χ1v) is 8.97. The number of hydrogen-bond acceptors (Lipinski definition) is 8. The van der Waals surface area contributed by atoms with Gasteiger partial charge in [-0.25, -0.2) is 4.52 Å². The third-order valence-corrected chi connectivity index (χ3v) is 4.25. The lowest BCUT2D eigenvalue weighted by molar-refractivity contribution is -0.865. The maximum Gasteiger partial charge on any atom is 0.220 e. The number of carbonyl (C=O) groups excluding carboxylic acids is 1. The van der Waals surface area contributed by atoms with Gasteiger partial charge in [-0.15, -0.1) is 0 Å². The van der Waals surface area contributed by atoms with E-state index in [1.54, 1.807) is 17.0 Å². The molecule has 1 fully saturated rings. The zero-order chi connectivity index (χ0) is 20.5. The molecule has 1 aromatic rings. The van der Waals surface area contributed by atoms with Gasteiger partial charge >= 0.3 is 0 Å². The Bertz CT molecular complexity index is 678. The van der Waals surface area contributed by atoms with Gasteiger partial charge in [-0.05, 0) is 16.7 Å². The van der Waals surface area contributed by atoms with Crippen LogP contribution in [0.3, 0.4) is 0 Å². The molecule has 2 unspecified atom stereocenters. The van der Waals surface area contributed by atoms with Gasteiger partial charge in [0, 0.05) is 24.8 Å². The lowest BCUT2D eigenvalue weighted by atomic mass is 9.97. The summed E-state index contributed by atoms with van der Waals surface area (Å²) < 4.78 is 18.3. The minimum absolute atomic E-state index is 0.00651. The number of unbranched alkanes of at least 4 members (excludes halogenated alkanes) is 1. The summed E-state index contributed by atoms with van der Waals surface area (Å²) in [6.07, 6.45) is -1.61. The molecule has 0 spiro atoms. The monoisotopic (exact) mass is 400 g/mol. The molecule has 1 saturated heterocycles. The van der Waals surface area contributed by atoms with Crippen molar-refractivity contribution in [3.8, 4) is 0 Å². The third kappa shape index (κ3) is 6.16. The van der Waals surface area contributed by atoms with Crippen LogP contribution < -0.4 is 10.1 Å². The summed E-state index contributed by atoms with van der Waals surface area (Å²) in [5.74, 6) is 0.0638. The normalized spacial score (nSPS) is 27.2. The molecule has 156 valence electrons. The van der Waals surface area contributed by atoms with Gasteiger partial charge in [0.15, 0.2) is 12.8 Å². The van der Waals surface area contributed by atoms with E-state index in [9.17, 15) is 20.1 Å². The average Bonchev–Trinajstić information content (AvgIpc) is 3.12. The standard InChI is InChI=1S/C16H25N5O7/c1-10(23)19-13-15(25)14(24)12(8-22)27-16(13)26-9-11-4-7-21(28-11)6-3-2-5-18-20-17/h4,7,12-16,22,24-25H,2-3,5-6,8-9H2,1H3/p+1/t12?,13?,14-,15-,16-/m1/s1. The molecular weight excluding hydrogens is 374 g/mol. The smallest absolute Gasteiger partial charge is 0.220 e. The van der Waals surface area contributed by atoms with Gasteiger partial charge in [0.2, 0.25) is 17.9 Å². The highest BCUT2D eigenvalue weighted by atomic mass is 16.7. The van der Waals surface area contributed by atoms with Crippen molar-refractivity contribution < 1.29 is 38.9 Å². The number of azide groups is 1. The highest BCUT2D eigenvalue weighted by Gasteiger charge is 2.45. The quantitative estimate of drug-likeness (QED) is 0.130. The maximum atomic E-state index is 11.4. The number of ether oxygens (including phenoxy) is 2. The van der Waals surface area contributed by atoms with Gasteiger partial charge in [-0.3, -0.25) is 4.79 Å². The Balaban J connectivity index is 1.91. The predicted octanol–water partition coefficient (Wildman–Crippen LogP) is -0.882. The first-order valence-electron chi connectivity index (χ1n) is 8.97. The molecule has 28 heavy (non-hydrogen) atoms. The summed E-state index contributed by atoms with van der Waals surface area (Å²) in [5, 5.41) is 35.5. The van der Waals surface area contributed by atoms with E-state index in [0.29, 0.717) is 18.8 Å². The van der Waals surface area contributed by atoms with Crippen LogP contribution in [0.4, 0.5) is 0 Å². The van der Waals surface area contributed by atoms with E-state index < -0.39 is 43.2 Å². The van der Waals surface area contributed by atoms with Crippen LogP contribution >= 0.6 is 0 Å². The number of rotatable bonds is 10. The second-order valence-corrected chi connectivity index (χ2v) is 6.42. The van der Waals surface area contributed by atoms with Crippen LogP contribution in [0.25, 0.3) is 10.4 Å². The second kappa shape index (κ2) is 11.0. The van der Waals surface area contributed by atoms with Crippen LogP contribution in [0, 0.1) is 0 Å². The van der Waals surface area contributed by atoms with Crippen molar-refractivity contribution in [3.05, 3.63) is 28.5 Å². The first kappa shape index (κ1) is 22.1. The van der Waals surface area contributed by atoms with Crippen molar-refractivity contribution in [2.75, 3.05) is 13.2 Å². The van der Waals surface area contributed by atoms with Gasteiger partial charge < -0.3 is 30.1 Å². The summed E-state index contributed by atoms with van der Waals surface area (Å²) in [7, 11) is 0. The molecule has 0 saturated carbocycles. The topological polar surface area (TPSA) is 174 Å². The number of aromatic nitrogens is 1. The van der Waals surface area contributed by atoms with Crippen LogP contribution in [-0.4, -0.2) is 65.0 Å². The molecule has 12 nitrogen and oxygen atoms in total. The minimum Gasteiger partial charge on any atom is -0.394 e. The van der Waals surface area contributed by atoms with Gasteiger partial charge in [-0.1, -0.05) is 5.11 Å². The first-order chi connectivity index (χ1) is 13.5. The van der Waals surface area contributed by atoms with Crippen LogP contribution in [0.2, 0.25) is 0 Å².